The third-order valence-corrected chi connectivity index (χ3v) is 7.41. The first-order valence-electron chi connectivity index (χ1n) is 14.8. The highest BCUT2D eigenvalue weighted by atomic mass is 15.4. The van der Waals surface area contributed by atoms with E-state index in [4.69, 9.17) is 5.11 Å². The van der Waals surface area contributed by atoms with Crippen molar-refractivity contribution in [1.82, 2.24) is 4.48 Å². The quantitative estimate of drug-likeness (QED) is 0.0946. The number of para-hydroxylation sites is 2. The van der Waals surface area contributed by atoms with E-state index in [1.54, 1.807) is 0 Å². The van der Waals surface area contributed by atoms with E-state index >= 15 is 0 Å². The molecule has 0 N–H and O–H groups in total. The van der Waals surface area contributed by atoms with Crippen LogP contribution in [0, 0.1) is 0 Å². The summed E-state index contributed by atoms with van der Waals surface area (Å²) in [4.78, 5) is 0. The van der Waals surface area contributed by atoms with Gasteiger partial charge in [-0.15, -0.1) is 5.11 Å². The largest absolute Gasteiger partial charge is 0.257 e. The number of quaternary nitrogens is 1. The molecule has 0 radical (unpaired) electrons. The van der Waals surface area contributed by atoms with E-state index in [9.17, 15) is 0 Å². The van der Waals surface area contributed by atoms with Crippen LogP contribution in [0.1, 0.15) is 90.9 Å². The molecule has 0 aromatic heterocycles. The number of rotatable bonds is 18. The molecule has 0 amide bonds. The second-order valence-electron chi connectivity index (χ2n) is 10.3. The van der Waals surface area contributed by atoms with E-state index in [2.05, 4.69) is 73.6 Å². The molecule has 0 spiro atoms. The summed E-state index contributed by atoms with van der Waals surface area (Å²) in [7, 11) is 0. The van der Waals surface area contributed by atoms with Crippen molar-refractivity contribution in [1.29, 1.82) is 0 Å². The van der Waals surface area contributed by atoms with Crippen LogP contribution in [0.2, 0.25) is 0 Å². The Kier molecular flexibility index (Phi) is 13.1. The fourth-order valence-electron chi connectivity index (χ4n) is 5.30. The van der Waals surface area contributed by atoms with Crippen LogP contribution in [0.15, 0.2) is 95.2 Å². The monoisotopic (exact) mass is 498 g/mol. The first-order valence-corrected chi connectivity index (χ1v) is 14.8. The second-order valence-corrected chi connectivity index (χ2v) is 10.3. The maximum absolute atomic E-state index is 4.81. The lowest BCUT2D eigenvalue weighted by atomic mass is 10.0. The van der Waals surface area contributed by atoms with Gasteiger partial charge in [-0.2, -0.15) is 5.11 Å². The highest BCUT2D eigenvalue weighted by Crippen LogP contribution is 2.42. The summed E-state index contributed by atoms with van der Waals surface area (Å²) in [5.41, 5.74) is 4.51. The van der Waals surface area contributed by atoms with Gasteiger partial charge in [0.25, 0.3) is 0 Å². The first kappa shape index (κ1) is 28.8. The predicted molar refractivity (Wildman–Crippen MR) is 161 cm³/mol. The molecule has 0 aliphatic carbocycles. The molecule has 0 aliphatic heterocycles. The molecule has 0 saturated heterocycles. The molecule has 0 fully saturated rings. The van der Waals surface area contributed by atoms with Crippen LogP contribution in [-0.4, -0.2) is 13.1 Å². The minimum Gasteiger partial charge on any atom is -0.257 e. The highest BCUT2D eigenvalue weighted by Gasteiger charge is 2.35. The summed E-state index contributed by atoms with van der Waals surface area (Å²) in [6.07, 6.45) is 15.7. The molecular formula is C34H48N3+. The fourth-order valence-corrected chi connectivity index (χ4v) is 5.30. The zero-order chi connectivity index (χ0) is 26.0. The van der Waals surface area contributed by atoms with Gasteiger partial charge in [0.1, 0.15) is 11.4 Å². The van der Waals surface area contributed by atoms with Crippen molar-refractivity contribution >= 4 is 22.7 Å². The molecule has 3 aromatic carbocycles. The minimum absolute atomic E-state index is 0.854. The average Bonchev–Trinajstić information content (AvgIpc) is 2.96. The number of nitrogens with zero attached hydrogens (tertiary/aromatic N) is 3. The smallest absolute Gasteiger partial charge is 0.165 e. The van der Waals surface area contributed by atoms with Crippen LogP contribution in [0.25, 0.3) is 0 Å². The van der Waals surface area contributed by atoms with E-state index in [-0.39, 0.29) is 0 Å². The van der Waals surface area contributed by atoms with Crippen molar-refractivity contribution in [3.05, 3.63) is 84.9 Å². The molecule has 3 heteroatoms. The van der Waals surface area contributed by atoms with E-state index < -0.39 is 0 Å². The normalized spacial score (nSPS) is 11.8. The molecule has 3 aromatic rings. The first-order chi connectivity index (χ1) is 18.3. The summed E-state index contributed by atoms with van der Waals surface area (Å²) in [6, 6.07) is 29.9. The van der Waals surface area contributed by atoms with Crippen molar-refractivity contribution in [2.45, 2.75) is 90.9 Å². The van der Waals surface area contributed by atoms with Gasteiger partial charge in [0.2, 0.25) is 0 Å². The lowest BCUT2D eigenvalue weighted by Crippen LogP contribution is -2.46. The van der Waals surface area contributed by atoms with Gasteiger partial charge in [-0.25, -0.2) is 0 Å². The van der Waals surface area contributed by atoms with Gasteiger partial charge in [-0.1, -0.05) is 114 Å². The molecule has 0 bridgehead atoms. The number of benzene rings is 3. The summed E-state index contributed by atoms with van der Waals surface area (Å²) in [5.74, 6) is 0. The summed E-state index contributed by atoms with van der Waals surface area (Å²) in [5, 5.41) is 9.43. The van der Waals surface area contributed by atoms with Crippen LogP contribution in [0.3, 0.4) is 0 Å². The van der Waals surface area contributed by atoms with Crippen molar-refractivity contribution in [3.63, 3.8) is 0 Å². The standard InChI is InChI=1S/C34H48N3/c1-3-5-7-9-11-21-29-37(32-25-17-14-18-26-32,30-22-12-10-8-6-4-2)34-28-20-19-27-33(34)36-35-31-23-15-13-16-24-31/h13-20,23-28H,3-12,21-22,29-30H2,1-2H3/q+1. The second kappa shape index (κ2) is 16.9. The highest BCUT2D eigenvalue weighted by molar-refractivity contribution is 5.70. The molecule has 3 rings (SSSR count). The van der Waals surface area contributed by atoms with Gasteiger partial charge in [-0.3, -0.25) is 4.48 Å². The van der Waals surface area contributed by atoms with Crippen molar-refractivity contribution < 1.29 is 0 Å². The molecule has 0 atom stereocenters. The Labute approximate surface area is 226 Å². The van der Waals surface area contributed by atoms with Gasteiger partial charge in [0.05, 0.1) is 18.8 Å². The van der Waals surface area contributed by atoms with Crippen molar-refractivity contribution in [2.75, 3.05) is 13.1 Å². The van der Waals surface area contributed by atoms with Crippen LogP contribution < -0.4 is 4.48 Å². The Hall–Kier alpha value is -2.78. The zero-order valence-electron chi connectivity index (χ0n) is 23.3. The Morgan fingerprint density at radius 2 is 0.973 bits per heavy atom. The Bertz CT molecular complexity index is 997. The maximum atomic E-state index is 4.81. The third kappa shape index (κ3) is 9.23. The van der Waals surface area contributed by atoms with Gasteiger partial charge < -0.3 is 0 Å². The van der Waals surface area contributed by atoms with Gasteiger partial charge in [0, 0.05) is 6.07 Å². The molecule has 0 aliphatic rings. The SMILES string of the molecule is CCCCCCCC[N+](CCCCCCCC)(c1ccccc1)c1ccccc1N=Nc1ccccc1. The number of azo groups is 1. The van der Waals surface area contributed by atoms with Crippen LogP contribution in [-0.2, 0) is 0 Å². The van der Waals surface area contributed by atoms with Gasteiger partial charge in [0.15, 0.2) is 5.69 Å². The van der Waals surface area contributed by atoms with Gasteiger partial charge in [-0.05, 0) is 56.0 Å². The molecule has 0 unspecified atom stereocenters. The Morgan fingerprint density at radius 3 is 1.57 bits per heavy atom. The Morgan fingerprint density at radius 1 is 0.486 bits per heavy atom. The molecular weight excluding hydrogens is 450 g/mol. The summed E-state index contributed by atoms with van der Waals surface area (Å²) >= 11 is 0. The van der Waals surface area contributed by atoms with Crippen molar-refractivity contribution in [2.24, 2.45) is 10.2 Å². The van der Waals surface area contributed by atoms with E-state index in [0.717, 1.165) is 28.9 Å². The number of hydrogen-bond acceptors (Lipinski definition) is 2. The molecule has 37 heavy (non-hydrogen) atoms. The molecule has 198 valence electrons. The van der Waals surface area contributed by atoms with Crippen LogP contribution in [0.5, 0.6) is 0 Å². The lowest BCUT2D eigenvalue weighted by Gasteiger charge is -2.38. The number of unbranched alkanes of at least 4 members (excludes halogenated alkanes) is 10. The van der Waals surface area contributed by atoms with Crippen LogP contribution in [0.4, 0.5) is 22.7 Å². The predicted octanol–water partition coefficient (Wildman–Crippen LogP) is 11.5. The Balaban J connectivity index is 1.93. The lowest BCUT2D eigenvalue weighted by molar-refractivity contribution is 0.354. The zero-order valence-corrected chi connectivity index (χ0v) is 23.3. The summed E-state index contributed by atoms with van der Waals surface area (Å²) in [6.45, 7) is 6.78. The molecule has 3 nitrogen and oxygen atoms in total. The average molecular weight is 499 g/mol. The summed E-state index contributed by atoms with van der Waals surface area (Å²) < 4.78 is 0.854. The van der Waals surface area contributed by atoms with Crippen molar-refractivity contribution in [3.8, 4) is 0 Å². The van der Waals surface area contributed by atoms with E-state index in [1.807, 2.05) is 30.3 Å². The van der Waals surface area contributed by atoms with Gasteiger partial charge >= 0.3 is 0 Å². The number of hydrogen-bond donors (Lipinski definition) is 0. The van der Waals surface area contributed by atoms with E-state index in [0.29, 0.717) is 0 Å². The molecule has 0 heterocycles. The maximum Gasteiger partial charge on any atom is 0.165 e. The third-order valence-electron chi connectivity index (χ3n) is 7.41. The minimum atomic E-state index is 0.854. The van der Waals surface area contributed by atoms with E-state index in [1.165, 1.54) is 88.4 Å². The topological polar surface area (TPSA) is 24.7 Å². The molecule has 0 saturated carbocycles. The fraction of sp³-hybridized carbons (Fsp3) is 0.471. The van der Waals surface area contributed by atoms with Crippen LogP contribution >= 0.6 is 0 Å².